The number of aliphatic hydroxyl groups is 1. The predicted molar refractivity (Wildman–Crippen MR) is 48.4 cm³/mol. The van der Waals surface area contributed by atoms with E-state index in [-0.39, 0.29) is 6.42 Å². The highest BCUT2D eigenvalue weighted by Gasteiger charge is 2.10. The minimum atomic E-state index is -0.993. The van der Waals surface area contributed by atoms with Gasteiger partial charge in [-0.05, 0) is 12.5 Å². The number of aliphatic hydroxyl groups excluding tert-OH is 1. The minimum Gasteiger partial charge on any atom is -0.481 e. The van der Waals surface area contributed by atoms with Crippen molar-refractivity contribution < 1.29 is 15.0 Å². The third-order valence-electron chi connectivity index (χ3n) is 1.83. The highest BCUT2D eigenvalue weighted by atomic mass is 16.4. The molecule has 0 fully saturated rings. The van der Waals surface area contributed by atoms with Gasteiger partial charge >= 0.3 is 5.97 Å². The first-order valence-electron chi connectivity index (χ1n) is 4.06. The van der Waals surface area contributed by atoms with Crippen molar-refractivity contribution >= 4 is 5.97 Å². The Hall–Kier alpha value is -1.35. The van der Waals surface area contributed by atoms with E-state index in [4.69, 9.17) is 5.11 Å². The van der Waals surface area contributed by atoms with Crippen molar-refractivity contribution in [3.63, 3.8) is 0 Å². The van der Waals surface area contributed by atoms with Crippen LogP contribution in [0.4, 0.5) is 0 Å². The monoisotopic (exact) mass is 180 g/mol. The Morgan fingerprint density at radius 3 is 2.38 bits per heavy atom. The molecule has 0 radical (unpaired) electrons. The lowest BCUT2D eigenvalue weighted by Gasteiger charge is -2.07. The highest BCUT2D eigenvalue weighted by Crippen LogP contribution is 2.16. The molecule has 0 amide bonds. The van der Waals surface area contributed by atoms with E-state index in [1.807, 2.05) is 19.1 Å². The van der Waals surface area contributed by atoms with Gasteiger partial charge < -0.3 is 10.2 Å². The standard InChI is InChI=1S/C10H12O3/c1-7-2-4-8(5-3-7)9(11)6-10(12)13/h2-5,9,11H,6H2,1H3,(H,12,13)/t9-/m0/s1. The third kappa shape index (κ3) is 2.87. The zero-order chi connectivity index (χ0) is 9.84. The summed E-state index contributed by atoms with van der Waals surface area (Å²) in [6.07, 6.45) is -1.15. The molecule has 0 aromatic heterocycles. The molecule has 0 bridgehead atoms. The van der Waals surface area contributed by atoms with Crippen molar-refractivity contribution in [3.8, 4) is 0 Å². The zero-order valence-corrected chi connectivity index (χ0v) is 7.40. The van der Waals surface area contributed by atoms with Crippen LogP contribution in [-0.4, -0.2) is 16.2 Å². The molecule has 1 atom stereocenters. The lowest BCUT2D eigenvalue weighted by Crippen LogP contribution is -2.05. The van der Waals surface area contributed by atoms with Crippen LogP contribution in [0.1, 0.15) is 23.7 Å². The van der Waals surface area contributed by atoms with Crippen LogP contribution in [0.5, 0.6) is 0 Å². The second kappa shape index (κ2) is 4.05. The van der Waals surface area contributed by atoms with Crippen molar-refractivity contribution in [1.82, 2.24) is 0 Å². The molecule has 1 rings (SSSR count). The summed E-state index contributed by atoms with van der Waals surface area (Å²) in [7, 11) is 0. The van der Waals surface area contributed by atoms with Crippen LogP contribution in [-0.2, 0) is 4.79 Å². The largest absolute Gasteiger partial charge is 0.481 e. The summed E-state index contributed by atoms with van der Waals surface area (Å²) in [6, 6.07) is 7.17. The lowest BCUT2D eigenvalue weighted by molar-refractivity contribution is -0.139. The van der Waals surface area contributed by atoms with Crippen LogP contribution >= 0.6 is 0 Å². The number of carboxylic acids is 1. The Labute approximate surface area is 76.6 Å². The van der Waals surface area contributed by atoms with E-state index >= 15 is 0 Å². The Kier molecular flexibility index (Phi) is 3.03. The summed E-state index contributed by atoms with van der Waals surface area (Å²) in [4.78, 5) is 10.3. The van der Waals surface area contributed by atoms with Crippen molar-refractivity contribution in [3.05, 3.63) is 35.4 Å². The summed E-state index contributed by atoms with van der Waals surface area (Å²) in [5.41, 5.74) is 1.74. The second-order valence-corrected chi connectivity index (χ2v) is 3.02. The lowest BCUT2D eigenvalue weighted by atomic mass is 10.1. The fourth-order valence-corrected chi connectivity index (χ4v) is 1.07. The van der Waals surface area contributed by atoms with Gasteiger partial charge in [-0.3, -0.25) is 4.79 Å². The molecule has 0 aliphatic rings. The molecule has 0 saturated carbocycles. The highest BCUT2D eigenvalue weighted by molar-refractivity contribution is 5.67. The van der Waals surface area contributed by atoms with Gasteiger partial charge in [0.25, 0.3) is 0 Å². The maximum Gasteiger partial charge on any atom is 0.306 e. The topological polar surface area (TPSA) is 57.5 Å². The van der Waals surface area contributed by atoms with Crippen molar-refractivity contribution in [2.24, 2.45) is 0 Å². The van der Waals surface area contributed by atoms with Crippen LogP contribution in [0, 0.1) is 6.92 Å². The number of hydrogen-bond acceptors (Lipinski definition) is 2. The molecule has 1 aromatic carbocycles. The smallest absolute Gasteiger partial charge is 0.306 e. The maximum absolute atomic E-state index is 10.3. The molecule has 0 unspecified atom stereocenters. The molecule has 0 aliphatic carbocycles. The van der Waals surface area contributed by atoms with E-state index in [9.17, 15) is 9.90 Å². The van der Waals surface area contributed by atoms with Gasteiger partial charge in [-0.2, -0.15) is 0 Å². The van der Waals surface area contributed by atoms with Crippen molar-refractivity contribution in [1.29, 1.82) is 0 Å². The van der Waals surface area contributed by atoms with Crippen molar-refractivity contribution in [2.45, 2.75) is 19.4 Å². The zero-order valence-electron chi connectivity index (χ0n) is 7.40. The number of carbonyl (C=O) groups is 1. The summed E-state index contributed by atoms with van der Waals surface area (Å²) >= 11 is 0. The molecule has 2 N–H and O–H groups in total. The van der Waals surface area contributed by atoms with Crippen LogP contribution in [0.25, 0.3) is 0 Å². The van der Waals surface area contributed by atoms with E-state index in [0.717, 1.165) is 5.56 Å². The molecule has 3 nitrogen and oxygen atoms in total. The van der Waals surface area contributed by atoms with Gasteiger partial charge in [-0.25, -0.2) is 0 Å². The van der Waals surface area contributed by atoms with Gasteiger partial charge in [-0.1, -0.05) is 29.8 Å². The normalized spacial score (nSPS) is 12.5. The molecule has 3 heteroatoms. The van der Waals surface area contributed by atoms with Gasteiger partial charge in [-0.15, -0.1) is 0 Å². The molecule has 0 heterocycles. The first-order chi connectivity index (χ1) is 6.09. The van der Waals surface area contributed by atoms with Gasteiger partial charge in [0.1, 0.15) is 0 Å². The fraction of sp³-hybridized carbons (Fsp3) is 0.300. The number of aliphatic carboxylic acids is 1. The minimum absolute atomic E-state index is 0.247. The van der Waals surface area contributed by atoms with Gasteiger partial charge in [0, 0.05) is 0 Å². The first-order valence-corrected chi connectivity index (χ1v) is 4.06. The molecule has 1 aromatic rings. The van der Waals surface area contributed by atoms with E-state index < -0.39 is 12.1 Å². The maximum atomic E-state index is 10.3. The van der Waals surface area contributed by atoms with Gasteiger partial charge in [0.15, 0.2) is 0 Å². The molecular weight excluding hydrogens is 168 g/mol. The third-order valence-corrected chi connectivity index (χ3v) is 1.83. The number of benzene rings is 1. The second-order valence-electron chi connectivity index (χ2n) is 3.02. The molecule has 0 saturated heterocycles. The van der Waals surface area contributed by atoms with E-state index in [1.165, 1.54) is 0 Å². The van der Waals surface area contributed by atoms with Crippen molar-refractivity contribution in [2.75, 3.05) is 0 Å². The summed E-state index contributed by atoms with van der Waals surface area (Å²) in [5.74, 6) is -0.993. The number of carboxylic acid groups (broad SMARTS) is 1. The summed E-state index contributed by atoms with van der Waals surface area (Å²) < 4.78 is 0. The van der Waals surface area contributed by atoms with Gasteiger partial charge in [0.2, 0.25) is 0 Å². The Bertz CT molecular complexity index is 290. The Balaban J connectivity index is 2.71. The van der Waals surface area contributed by atoms with E-state index in [1.54, 1.807) is 12.1 Å². The van der Waals surface area contributed by atoms with E-state index in [0.29, 0.717) is 5.56 Å². The predicted octanol–water partition coefficient (Wildman–Crippen LogP) is 1.50. The number of hydrogen-bond donors (Lipinski definition) is 2. The molecule has 0 aliphatic heterocycles. The summed E-state index contributed by atoms with van der Waals surface area (Å²) in [5, 5.41) is 17.8. The molecule has 70 valence electrons. The van der Waals surface area contributed by atoms with Crippen LogP contribution < -0.4 is 0 Å². The quantitative estimate of drug-likeness (QED) is 0.741. The molecule has 13 heavy (non-hydrogen) atoms. The Morgan fingerprint density at radius 2 is 1.92 bits per heavy atom. The number of aryl methyl sites for hydroxylation is 1. The van der Waals surface area contributed by atoms with E-state index in [2.05, 4.69) is 0 Å². The first kappa shape index (κ1) is 9.74. The van der Waals surface area contributed by atoms with Crippen LogP contribution in [0.15, 0.2) is 24.3 Å². The van der Waals surface area contributed by atoms with Crippen LogP contribution in [0.3, 0.4) is 0 Å². The SMILES string of the molecule is Cc1ccc([C@@H](O)CC(=O)O)cc1. The molecule has 0 spiro atoms. The fourth-order valence-electron chi connectivity index (χ4n) is 1.07. The average Bonchev–Trinajstić information content (AvgIpc) is 2.04. The average molecular weight is 180 g/mol. The summed E-state index contributed by atoms with van der Waals surface area (Å²) in [6.45, 7) is 1.94. The Morgan fingerprint density at radius 1 is 1.38 bits per heavy atom. The van der Waals surface area contributed by atoms with Crippen LogP contribution in [0.2, 0.25) is 0 Å². The molecular formula is C10H12O3. The number of rotatable bonds is 3. The van der Waals surface area contributed by atoms with Gasteiger partial charge in [0.05, 0.1) is 12.5 Å².